The Kier molecular flexibility index (Phi) is 4.89. The second kappa shape index (κ2) is 6.93. The number of aryl methyl sites for hydroxylation is 1. The molecule has 132 valence electrons. The lowest BCUT2D eigenvalue weighted by Gasteiger charge is -2.43. The Hall–Kier alpha value is -1.89. The summed E-state index contributed by atoms with van der Waals surface area (Å²) < 4.78 is 1.81. The summed E-state index contributed by atoms with van der Waals surface area (Å²) in [4.78, 5) is 30.9. The molecule has 7 nitrogen and oxygen atoms in total. The van der Waals surface area contributed by atoms with Gasteiger partial charge in [-0.2, -0.15) is 5.10 Å². The molecule has 0 aromatic carbocycles. The van der Waals surface area contributed by atoms with Crippen molar-refractivity contribution in [1.82, 2.24) is 24.5 Å². The van der Waals surface area contributed by atoms with E-state index in [1.807, 2.05) is 35.7 Å². The van der Waals surface area contributed by atoms with Crippen LogP contribution in [0.2, 0.25) is 0 Å². The van der Waals surface area contributed by atoms with Crippen LogP contribution in [0, 0.1) is 18.8 Å². The molecule has 1 aromatic heterocycles. The highest BCUT2D eigenvalue weighted by Crippen LogP contribution is 2.21. The highest BCUT2D eigenvalue weighted by molar-refractivity contribution is 5.85. The van der Waals surface area contributed by atoms with Crippen LogP contribution >= 0.6 is 0 Å². The Labute approximate surface area is 143 Å². The van der Waals surface area contributed by atoms with E-state index in [4.69, 9.17) is 0 Å². The lowest BCUT2D eigenvalue weighted by atomic mass is 9.95. The van der Waals surface area contributed by atoms with Crippen molar-refractivity contribution in [1.29, 1.82) is 0 Å². The summed E-state index contributed by atoms with van der Waals surface area (Å²) in [5.41, 5.74) is 0.955. The van der Waals surface area contributed by atoms with Gasteiger partial charge in [0.1, 0.15) is 0 Å². The van der Waals surface area contributed by atoms with Crippen molar-refractivity contribution in [3.8, 4) is 0 Å². The number of hydrogen-bond acceptors (Lipinski definition) is 4. The molecule has 1 unspecified atom stereocenters. The Balaban J connectivity index is 1.45. The van der Waals surface area contributed by atoms with E-state index in [1.54, 1.807) is 4.90 Å². The van der Waals surface area contributed by atoms with Gasteiger partial charge < -0.3 is 14.7 Å². The summed E-state index contributed by atoms with van der Waals surface area (Å²) in [5.74, 6) is 0.188. The molecule has 3 rings (SSSR count). The highest BCUT2D eigenvalue weighted by atomic mass is 16.2. The minimum Gasteiger partial charge on any atom is -0.341 e. The van der Waals surface area contributed by atoms with Gasteiger partial charge in [-0.3, -0.25) is 14.3 Å². The van der Waals surface area contributed by atoms with E-state index in [0.29, 0.717) is 19.6 Å². The van der Waals surface area contributed by atoms with Gasteiger partial charge in [-0.1, -0.05) is 6.92 Å². The first-order chi connectivity index (χ1) is 11.4. The first-order valence-electron chi connectivity index (χ1n) is 8.70. The molecule has 0 saturated carbocycles. The standard InChI is InChI=1S/C17H27N5O2/c1-13(10-22-5-4-14(2)18-22)16(23)21-11-15(12-21)17(24)20-8-6-19(3)7-9-20/h4-5,13,15H,6-12H2,1-3H3. The minimum atomic E-state index is -0.121. The van der Waals surface area contributed by atoms with E-state index in [9.17, 15) is 9.59 Å². The predicted octanol–water partition coefficient (Wildman–Crippen LogP) is 0.0600. The molecule has 2 amide bonds. The van der Waals surface area contributed by atoms with Crippen molar-refractivity contribution in [3.05, 3.63) is 18.0 Å². The number of hydrogen-bond donors (Lipinski definition) is 0. The number of carbonyl (C=O) groups excluding carboxylic acids is 2. The molecule has 0 radical (unpaired) electrons. The topological polar surface area (TPSA) is 61.7 Å². The third-order valence-electron chi connectivity index (χ3n) is 5.01. The van der Waals surface area contributed by atoms with Gasteiger partial charge in [0.15, 0.2) is 0 Å². The summed E-state index contributed by atoms with van der Waals surface area (Å²) in [5, 5.41) is 4.33. The number of piperazine rings is 1. The number of nitrogens with zero attached hydrogens (tertiary/aromatic N) is 5. The second-order valence-electron chi connectivity index (χ2n) is 7.15. The van der Waals surface area contributed by atoms with Crippen LogP contribution in [-0.2, 0) is 16.1 Å². The van der Waals surface area contributed by atoms with Gasteiger partial charge in [0, 0.05) is 45.5 Å². The summed E-state index contributed by atoms with van der Waals surface area (Å²) in [6.07, 6.45) is 1.90. The first kappa shape index (κ1) is 17.0. The molecule has 1 aromatic rings. The average Bonchev–Trinajstić information content (AvgIpc) is 2.91. The Morgan fingerprint density at radius 3 is 2.46 bits per heavy atom. The Morgan fingerprint density at radius 2 is 1.88 bits per heavy atom. The molecule has 0 aliphatic carbocycles. The molecule has 0 N–H and O–H groups in total. The van der Waals surface area contributed by atoms with Crippen molar-refractivity contribution >= 4 is 11.8 Å². The van der Waals surface area contributed by atoms with Crippen molar-refractivity contribution in [3.63, 3.8) is 0 Å². The molecule has 3 heterocycles. The molecule has 0 spiro atoms. The molecule has 24 heavy (non-hydrogen) atoms. The molecule has 2 fully saturated rings. The summed E-state index contributed by atoms with van der Waals surface area (Å²) in [6.45, 7) is 9.04. The zero-order valence-electron chi connectivity index (χ0n) is 14.8. The maximum atomic E-state index is 12.5. The number of amides is 2. The van der Waals surface area contributed by atoms with Crippen LogP contribution in [0.4, 0.5) is 0 Å². The molecule has 2 aliphatic heterocycles. The van der Waals surface area contributed by atoms with Crippen LogP contribution < -0.4 is 0 Å². The van der Waals surface area contributed by atoms with E-state index in [2.05, 4.69) is 17.0 Å². The van der Waals surface area contributed by atoms with Gasteiger partial charge >= 0.3 is 0 Å². The van der Waals surface area contributed by atoms with E-state index >= 15 is 0 Å². The summed E-state index contributed by atoms with van der Waals surface area (Å²) >= 11 is 0. The van der Waals surface area contributed by atoms with Gasteiger partial charge in [0.25, 0.3) is 0 Å². The molecular formula is C17H27N5O2. The third-order valence-corrected chi connectivity index (χ3v) is 5.01. The Bertz CT molecular complexity index is 600. The average molecular weight is 333 g/mol. The van der Waals surface area contributed by atoms with Crippen molar-refractivity contribution in [2.45, 2.75) is 20.4 Å². The maximum absolute atomic E-state index is 12.5. The van der Waals surface area contributed by atoms with E-state index in [1.165, 1.54) is 0 Å². The predicted molar refractivity (Wildman–Crippen MR) is 90.3 cm³/mol. The largest absolute Gasteiger partial charge is 0.341 e. The monoisotopic (exact) mass is 333 g/mol. The molecule has 0 bridgehead atoms. The van der Waals surface area contributed by atoms with E-state index in [-0.39, 0.29) is 23.7 Å². The number of likely N-dealkylation sites (N-methyl/N-ethyl adjacent to an activating group) is 1. The highest BCUT2D eigenvalue weighted by Gasteiger charge is 2.39. The van der Waals surface area contributed by atoms with E-state index in [0.717, 1.165) is 31.9 Å². The fourth-order valence-electron chi connectivity index (χ4n) is 3.33. The van der Waals surface area contributed by atoms with Gasteiger partial charge in [-0.25, -0.2) is 0 Å². The molecule has 2 saturated heterocycles. The van der Waals surface area contributed by atoms with Crippen LogP contribution in [0.15, 0.2) is 12.3 Å². The zero-order chi connectivity index (χ0) is 17.3. The fraction of sp³-hybridized carbons (Fsp3) is 0.706. The van der Waals surface area contributed by atoms with Crippen LogP contribution in [-0.4, -0.2) is 82.6 Å². The SMILES string of the molecule is Cc1ccn(CC(C)C(=O)N2CC(C(=O)N3CCN(C)CC3)C2)n1. The fourth-order valence-corrected chi connectivity index (χ4v) is 3.33. The van der Waals surface area contributed by atoms with Crippen LogP contribution in [0.25, 0.3) is 0 Å². The number of carbonyl (C=O) groups is 2. The summed E-state index contributed by atoms with van der Waals surface area (Å²) in [6, 6.07) is 1.94. The molecule has 1 atom stereocenters. The van der Waals surface area contributed by atoms with Gasteiger partial charge in [0.05, 0.1) is 24.1 Å². The van der Waals surface area contributed by atoms with Crippen LogP contribution in [0.3, 0.4) is 0 Å². The zero-order valence-corrected chi connectivity index (χ0v) is 14.8. The van der Waals surface area contributed by atoms with Gasteiger partial charge in [-0.15, -0.1) is 0 Å². The number of aromatic nitrogens is 2. The minimum absolute atomic E-state index is 0.0171. The van der Waals surface area contributed by atoms with Crippen molar-refractivity contribution in [2.24, 2.45) is 11.8 Å². The first-order valence-corrected chi connectivity index (χ1v) is 8.70. The van der Waals surface area contributed by atoms with Gasteiger partial charge in [-0.05, 0) is 20.0 Å². The van der Waals surface area contributed by atoms with Gasteiger partial charge in [0.2, 0.25) is 11.8 Å². The van der Waals surface area contributed by atoms with Crippen LogP contribution in [0.1, 0.15) is 12.6 Å². The normalized spacial score (nSPS) is 20.8. The Morgan fingerprint density at radius 1 is 1.21 bits per heavy atom. The summed E-state index contributed by atoms with van der Waals surface area (Å²) in [7, 11) is 2.08. The molecular weight excluding hydrogens is 306 g/mol. The lowest BCUT2D eigenvalue weighted by Crippen LogP contribution is -2.59. The quantitative estimate of drug-likeness (QED) is 0.782. The van der Waals surface area contributed by atoms with Crippen LogP contribution in [0.5, 0.6) is 0 Å². The molecule has 2 aliphatic rings. The second-order valence-corrected chi connectivity index (χ2v) is 7.15. The third kappa shape index (κ3) is 3.61. The van der Waals surface area contributed by atoms with Crippen molar-refractivity contribution < 1.29 is 9.59 Å². The van der Waals surface area contributed by atoms with Crippen molar-refractivity contribution in [2.75, 3.05) is 46.3 Å². The number of rotatable bonds is 4. The smallest absolute Gasteiger partial charge is 0.229 e. The van der Waals surface area contributed by atoms with E-state index < -0.39 is 0 Å². The number of likely N-dealkylation sites (tertiary alicyclic amines) is 1. The maximum Gasteiger partial charge on any atom is 0.229 e. The molecule has 7 heteroatoms. The lowest BCUT2D eigenvalue weighted by molar-refractivity contribution is -0.151.